The Morgan fingerprint density at radius 3 is 2.37 bits per heavy atom. The first-order chi connectivity index (χ1) is 8.75. The van der Waals surface area contributed by atoms with E-state index in [1.807, 2.05) is 0 Å². The fourth-order valence-electron chi connectivity index (χ4n) is 2.71. The van der Waals surface area contributed by atoms with Gasteiger partial charge in [0, 0.05) is 6.04 Å². The monoisotopic (exact) mass is 297 g/mol. The summed E-state index contributed by atoms with van der Waals surface area (Å²) in [7, 11) is -2.21. The van der Waals surface area contributed by atoms with E-state index in [-0.39, 0.29) is 13.0 Å². The van der Waals surface area contributed by atoms with Crippen LogP contribution in [0.2, 0.25) is 0 Å². The molecule has 2 aliphatic heterocycles. The number of piperidine rings is 1. The maximum absolute atomic E-state index is 11.7. The zero-order chi connectivity index (χ0) is 14.4. The molecule has 8 nitrogen and oxygen atoms in total. The fourth-order valence-corrected chi connectivity index (χ4v) is 4.20. The molecule has 5 N–H and O–H groups in total. The number of aliphatic hydroxyl groups excluding tert-OH is 4. The maximum Gasteiger partial charge on any atom is 0.331 e. The second-order valence-corrected chi connectivity index (χ2v) is 7.31. The van der Waals surface area contributed by atoms with E-state index in [2.05, 4.69) is 0 Å². The van der Waals surface area contributed by atoms with Crippen molar-refractivity contribution in [2.24, 2.45) is 0 Å². The van der Waals surface area contributed by atoms with Gasteiger partial charge in [-0.3, -0.25) is 9.46 Å². The summed E-state index contributed by atoms with van der Waals surface area (Å²) in [5.41, 5.74) is -0.635. The van der Waals surface area contributed by atoms with Crippen molar-refractivity contribution in [3.63, 3.8) is 0 Å². The summed E-state index contributed by atoms with van der Waals surface area (Å²) in [4.78, 5) is 10.9. The number of hydrogen-bond acceptors (Lipinski definition) is 7. The summed E-state index contributed by atoms with van der Waals surface area (Å²) in [6.45, 7) is 0.179. The third kappa shape index (κ3) is 2.72. The molecule has 2 fully saturated rings. The van der Waals surface area contributed by atoms with Gasteiger partial charge in [0.15, 0.2) is 0 Å². The molecule has 19 heavy (non-hydrogen) atoms. The number of rotatable bonds is 2. The van der Waals surface area contributed by atoms with Crippen LogP contribution in [0.25, 0.3) is 0 Å². The van der Waals surface area contributed by atoms with Crippen LogP contribution >= 0.6 is 7.60 Å². The van der Waals surface area contributed by atoms with E-state index in [0.717, 1.165) is 0 Å². The summed E-state index contributed by atoms with van der Waals surface area (Å²) in [5, 5.41) is 38.9. The van der Waals surface area contributed by atoms with Gasteiger partial charge in [0.05, 0.1) is 18.4 Å². The Bertz CT molecular complexity index is 365. The lowest BCUT2D eigenvalue weighted by Gasteiger charge is -2.46. The second-order valence-electron chi connectivity index (χ2n) is 5.19. The van der Waals surface area contributed by atoms with Crippen molar-refractivity contribution in [2.45, 2.75) is 49.1 Å². The number of nitrogens with zero attached hydrogens (tertiary/aromatic N) is 1. The van der Waals surface area contributed by atoms with Gasteiger partial charge < -0.3 is 29.8 Å². The Morgan fingerprint density at radius 2 is 1.84 bits per heavy atom. The van der Waals surface area contributed by atoms with Gasteiger partial charge >= 0.3 is 7.60 Å². The summed E-state index contributed by atoms with van der Waals surface area (Å²) in [6.07, 6.45) is -5.10. The zero-order valence-electron chi connectivity index (χ0n) is 10.5. The van der Waals surface area contributed by atoms with E-state index >= 15 is 0 Å². The van der Waals surface area contributed by atoms with Gasteiger partial charge in [-0.2, -0.15) is 0 Å². The Morgan fingerprint density at radius 1 is 1.21 bits per heavy atom. The van der Waals surface area contributed by atoms with Crippen LogP contribution in [0.4, 0.5) is 0 Å². The molecule has 2 aliphatic rings. The van der Waals surface area contributed by atoms with Crippen LogP contribution in [0, 0.1) is 0 Å². The molecule has 0 saturated carbocycles. The highest BCUT2D eigenvalue weighted by atomic mass is 31.2. The first kappa shape index (κ1) is 15.3. The first-order valence-corrected chi connectivity index (χ1v) is 7.81. The van der Waals surface area contributed by atoms with Crippen molar-refractivity contribution >= 4 is 7.60 Å². The molecule has 2 rings (SSSR count). The number of likely N-dealkylation sites (tertiary alicyclic amines) is 1. The highest BCUT2D eigenvalue weighted by molar-refractivity contribution is 7.53. The Hall–Kier alpha value is -0.0500. The normalized spacial score (nSPS) is 52.5. The largest absolute Gasteiger partial charge is 0.389 e. The molecule has 7 atom stereocenters. The van der Waals surface area contributed by atoms with Gasteiger partial charge in [-0.25, -0.2) is 0 Å². The molecule has 0 aromatic rings. The lowest BCUT2D eigenvalue weighted by molar-refractivity contribution is -0.211. The Labute approximate surface area is 110 Å². The van der Waals surface area contributed by atoms with Gasteiger partial charge in [0.2, 0.25) is 0 Å². The number of hydrogen-bond donors (Lipinski definition) is 5. The smallest absolute Gasteiger partial charge is 0.331 e. The summed E-state index contributed by atoms with van der Waals surface area (Å²) >= 11 is 0. The predicted octanol–water partition coefficient (Wildman–Crippen LogP) is -1.93. The number of likely N-dealkylation sites (N-methyl/N-ethyl adjacent to an activating group) is 1. The fraction of sp³-hybridized carbons (Fsp3) is 1.00. The topological polar surface area (TPSA) is 131 Å². The van der Waals surface area contributed by atoms with Crippen molar-refractivity contribution in [1.82, 2.24) is 4.90 Å². The lowest BCUT2D eigenvalue weighted by atomic mass is 9.89. The molecule has 0 amide bonds. The minimum Gasteiger partial charge on any atom is -0.389 e. The van der Waals surface area contributed by atoms with Crippen LogP contribution in [0.1, 0.15) is 12.8 Å². The van der Waals surface area contributed by atoms with Crippen LogP contribution in [0.5, 0.6) is 0 Å². The molecule has 0 aliphatic carbocycles. The third-order valence-electron chi connectivity index (χ3n) is 4.04. The first-order valence-electron chi connectivity index (χ1n) is 6.17. The van der Waals surface area contributed by atoms with Crippen molar-refractivity contribution in [2.75, 3.05) is 13.7 Å². The van der Waals surface area contributed by atoms with E-state index < -0.39 is 43.8 Å². The van der Waals surface area contributed by atoms with E-state index in [9.17, 15) is 29.9 Å². The zero-order valence-corrected chi connectivity index (χ0v) is 11.4. The van der Waals surface area contributed by atoms with Crippen molar-refractivity contribution in [3.05, 3.63) is 0 Å². The van der Waals surface area contributed by atoms with Crippen molar-refractivity contribution in [1.29, 1.82) is 0 Å². The van der Waals surface area contributed by atoms with Gasteiger partial charge in [0.25, 0.3) is 0 Å². The molecule has 112 valence electrons. The average molecular weight is 297 g/mol. The van der Waals surface area contributed by atoms with Crippen molar-refractivity contribution in [3.8, 4) is 0 Å². The molecule has 0 aromatic carbocycles. The molecule has 0 aromatic heterocycles. The Kier molecular flexibility index (Phi) is 4.35. The summed E-state index contributed by atoms with van der Waals surface area (Å²) in [6, 6.07) is -0.722. The van der Waals surface area contributed by atoms with E-state index in [1.165, 1.54) is 11.9 Å². The highest BCUT2D eigenvalue weighted by Crippen LogP contribution is 2.55. The van der Waals surface area contributed by atoms with Crippen LogP contribution in [-0.2, 0) is 9.09 Å². The van der Waals surface area contributed by atoms with E-state index in [4.69, 9.17) is 4.52 Å². The molecule has 0 bridgehead atoms. The average Bonchev–Trinajstić information content (AvgIpc) is 2.69. The van der Waals surface area contributed by atoms with Gasteiger partial charge in [-0.1, -0.05) is 0 Å². The van der Waals surface area contributed by atoms with Crippen LogP contribution in [0.15, 0.2) is 0 Å². The quantitative estimate of drug-likeness (QED) is 0.372. The Balaban J connectivity index is 2.12. The molecule has 2 unspecified atom stereocenters. The highest BCUT2D eigenvalue weighted by Gasteiger charge is 2.49. The SMILES string of the molecule is CN1[C@H](O)[C@@H](O)[C@@H](O)[C@H](O)[C@H]1CC1CCOP1(=O)O. The minimum absolute atomic E-state index is 0.103. The predicted molar refractivity (Wildman–Crippen MR) is 64.4 cm³/mol. The van der Waals surface area contributed by atoms with Crippen molar-refractivity contribution < 1.29 is 34.4 Å². The van der Waals surface area contributed by atoms with E-state index in [0.29, 0.717) is 6.42 Å². The number of aliphatic hydroxyl groups is 4. The van der Waals surface area contributed by atoms with Crippen LogP contribution in [-0.4, -0.2) is 80.1 Å². The molecular weight excluding hydrogens is 277 g/mol. The third-order valence-corrected chi connectivity index (χ3v) is 5.99. The molecular formula is C10H20NO7P. The molecule has 0 radical (unpaired) electrons. The van der Waals surface area contributed by atoms with Gasteiger partial charge in [-0.15, -0.1) is 0 Å². The van der Waals surface area contributed by atoms with Gasteiger partial charge in [-0.05, 0) is 19.9 Å². The molecule has 2 heterocycles. The van der Waals surface area contributed by atoms with Crippen LogP contribution < -0.4 is 0 Å². The molecule has 9 heteroatoms. The minimum atomic E-state index is -3.69. The maximum atomic E-state index is 11.7. The van der Waals surface area contributed by atoms with Crippen LogP contribution in [0.3, 0.4) is 0 Å². The summed E-state index contributed by atoms with van der Waals surface area (Å²) < 4.78 is 16.5. The standard InChI is InChI=1S/C10H20NO7P/c1-11-6(4-5-2-3-18-19(5,16)17)7(12)8(13)9(14)10(11)15/h5-10,12-15H,2-4H2,1H3,(H,16,17)/t5?,6-,7-,8+,9+,10-/m1/s1. The molecule has 2 saturated heterocycles. The summed E-state index contributed by atoms with van der Waals surface area (Å²) in [5.74, 6) is 0. The van der Waals surface area contributed by atoms with E-state index in [1.54, 1.807) is 0 Å². The second kappa shape index (κ2) is 5.38. The van der Waals surface area contributed by atoms with Gasteiger partial charge in [0.1, 0.15) is 18.4 Å². The molecule has 0 spiro atoms. The lowest BCUT2D eigenvalue weighted by Crippen LogP contribution is -2.65.